The van der Waals surface area contributed by atoms with E-state index in [1.54, 1.807) is 0 Å². The lowest BCUT2D eigenvalue weighted by Crippen LogP contribution is -2.22. The SMILES string of the molecule is CCOCCOCc1cccc(CNC(=O)CCCc2ccc(C)cc2)c1. The molecular weight excluding hydrogens is 338 g/mol. The van der Waals surface area contributed by atoms with E-state index in [1.165, 1.54) is 11.1 Å². The Morgan fingerprint density at radius 2 is 1.70 bits per heavy atom. The number of benzene rings is 2. The Morgan fingerprint density at radius 1 is 0.963 bits per heavy atom. The molecule has 0 aliphatic rings. The van der Waals surface area contributed by atoms with Crippen LogP contribution in [0.3, 0.4) is 0 Å². The summed E-state index contributed by atoms with van der Waals surface area (Å²) < 4.78 is 10.8. The van der Waals surface area contributed by atoms with Gasteiger partial charge in [-0.25, -0.2) is 0 Å². The highest BCUT2D eigenvalue weighted by Crippen LogP contribution is 2.09. The maximum atomic E-state index is 12.1. The molecule has 0 bridgehead atoms. The molecule has 27 heavy (non-hydrogen) atoms. The molecule has 0 aromatic heterocycles. The van der Waals surface area contributed by atoms with Crippen molar-refractivity contribution in [3.05, 3.63) is 70.8 Å². The first kappa shape index (κ1) is 21.1. The summed E-state index contributed by atoms with van der Waals surface area (Å²) in [5.41, 5.74) is 4.74. The Morgan fingerprint density at radius 3 is 2.48 bits per heavy atom. The summed E-state index contributed by atoms with van der Waals surface area (Å²) in [5, 5.41) is 3.01. The zero-order valence-electron chi connectivity index (χ0n) is 16.5. The van der Waals surface area contributed by atoms with Crippen molar-refractivity contribution in [3.8, 4) is 0 Å². The van der Waals surface area contributed by atoms with Crippen LogP contribution >= 0.6 is 0 Å². The van der Waals surface area contributed by atoms with Gasteiger partial charge in [-0.2, -0.15) is 0 Å². The summed E-state index contributed by atoms with van der Waals surface area (Å²) >= 11 is 0. The Labute approximate surface area is 162 Å². The van der Waals surface area contributed by atoms with Crippen LogP contribution in [0, 0.1) is 6.92 Å². The van der Waals surface area contributed by atoms with E-state index < -0.39 is 0 Å². The molecule has 2 aromatic rings. The second-order valence-electron chi connectivity index (χ2n) is 6.69. The Bertz CT molecular complexity index is 682. The van der Waals surface area contributed by atoms with Crippen molar-refractivity contribution >= 4 is 5.91 Å². The van der Waals surface area contributed by atoms with Gasteiger partial charge in [0.25, 0.3) is 0 Å². The summed E-state index contributed by atoms with van der Waals surface area (Å²) in [6.45, 7) is 7.09. The van der Waals surface area contributed by atoms with E-state index in [-0.39, 0.29) is 5.91 Å². The van der Waals surface area contributed by atoms with E-state index in [1.807, 2.05) is 25.1 Å². The number of ether oxygens (including phenoxy) is 2. The van der Waals surface area contributed by atoms with Crippen molar-refractivity contribution in [2.24, 2.45) is 0 Å². The average Bonchev–Trinajstić information content (AvgIpc) is 2.68. The summed E-state index contributed by atoms with van der Waals surface area (Å²) in [7, 11) is 0. The molecule has 146 valence electrons. The van der Waals surface area contributed by atoms with Crippen LogP contribution < -0.4 is 5.32 Å². The quantitative estimate of drug-likeness (QED) is 0.571. The van der Waals surface area contributed by atoms with Gasteiger partial charge in [-0.05, 0) is 43.4 Å². The molecule has 0 atom stereocenters. The van der Waals surface area contributed by atoms with Crippen LogP contribution in [0.4, 0.5) is 0 Å². The third kappa shape index (κ3) is 8.85. The number of aryl methyl sites for hydroxylation is 2. The fourth-order valence-corrected chi connectivity index (χ4v) is 2.78. The van der Waals surface area contributed by atoms with Gasteiger partial charge in [0.15, 0.2) is 0 Å². The van der Waals surface area contributed by atoms with Crippen LogP contribution in [0.25, 0.3) is 0 Å². The number of rotatable bonds is 12. The van der Waals surface area contributed by atoms with Crippen molar-refractivity contribution in [3.63, 3.8) is 0 Å². The predicted molar refractivity (Wildman–Crippen MR) is 109 cm³/mol. The smallest absolute Gasteiger partial charge is 0.220 e. The zero-order chi connectivity index (χ0) is 19.3. The molecule has 2 aromatic carbocycles. The van der Waals surface area contributed by atoms with Gasteiger partial charge in [0.2, 0.25) is 5.91 Å². The predicted octanol–water partition coefficient (Wildman–Crippen LogP) is 4.19. The molecule has 0 saturated carbocycles. The van der Waals surface area contributed by atoms with Crippen molar-refractivity contribution < 1.29 is 14.3 Å². The Hall–Kier alpha value is -2.17. The minimum Gasteiger partial charge on any atom is -0.379 e. The van der Waals surface area contributed by atoms with Crippen molar-refractivity contribution in [2.45, 2.75) is 46.3 Å². The van der Waals surface area contributed by atoms with E-state index in [4.69, 9.17) is 9.47 Å². The maximum Gasteiger partial charge on any atom is 0.220 e. The maximum absolute atomic E-state index is 12.1. The van der Waals surface area contributed by atoms with Crippen LogP contribution in [-0.2, 0) is 33.8 Å². The van der Waals surface area contributed by atoms with Gasteiger partial charge in [-0.15, -0.1) is 0 Å². The molecule has 1 N–H and O–H groups in total. The highest BCUT2D eigenvalue weighted by atomic mass is 16.5. The van der Waals surface area contributed by atoms with Crippen molar-refractivity contribution in [1.82, 2.24) is 5.32 Å². The monoisotopic (exact) mass is 369 g/mol. The Kier molecular flexibility index (Phi) is 9.60. The zero-order valence-corrected chi connectivity index (χ0v) is 16.5. The highest BCUT2D eigenvalue weighted by Gasteiger charge is 2.03. The molecular formula is C23H31NO3. The van der Waals surface area contributed by atoms with Crippen LogP contribution in [0.5, 0.6) is 0 Å². The third-order valence-electron chi connectivity index (χ3n) is 4.32. The number of hydrogen-bond donors (Lipinski definition) is 1. The summed E-state index contributed by atoms with van der Waals surface area (Å²) in [6, 6.07) is 16.6. The lowest BCUT2D eigenvalue weighted by atomic mass is 10.1. The molecule has 0 heterocycles. The van der Waals surface area contributed by atoms with Gasteiger partial charge in [-0.3, -0.25) is 4.79 Å². The fourth-order valence-electron chi connectivity index (χ4n) is 2.78. The highest BCUT2D eigenvalue weighted by molar-refractivity contribution is 5.75. The topological polar surface area (TPSA) is 47.6 Å². The van der Waals surface area contributed by atoms with E-state index >= 15 is 0 Å². The lowest BCUT2D eigenvalue weighted by Gasteiger charge is -2.08. The molecule has 0 aliphatic carbocycles. The first-order valence-corrected chi connectivity index (χ1v) is 9.73. The summed E-state index contributed by atoms with van der Waals surface area (Å²) in [5.74, 6) is 0.0977. The van der Waals surface area contributed by atoms with Gasteiger partial charge in [0.1, 0.15) is 0 Å². The van der Waals surface area contributed by atoms with Gasteiger partial charge in [-0.1, -0.05) is 54.1 Å². The standard InChI is InChI=1S/C23H31NO3/c1-3-26-14-15-27-18-22-8-4-7-21(16-22)17-24-23(25)9-5-6-20-12-10-19(2)11-13-20/h4,7-8,10-13,16H,3,5-6,9,14-15,17-18H2,1-2H3,(H,24,25). The summed E-state index contributed by atoms with van der Waals surface area (Å²) in [4.78, 5) is 12.1. The van der Waals surface area contributed by atoms with Crippen LogP contribution in [0.1, 0.15) is 42.0 Å². The van der Waals surface area contributed by atoms with E-state index in [0.717, 1.165) is 24.0 Å². The lowest BCUT2D eigenvalue weighted by molar-refractivity contribution is -0.121. The minimum atomic E-state index is 0.0977. The second kappa shape index (κ2) is 12.3. The average molecular weight is 370 g/mol. The van der Waals surface area contributed by atoms with Crippen LogP contribution in [0.15, 0.2) is 48.5 Å². The van der Waals surface area contributed by atoms with Crippen LogP contribution in [-0.4, -0.2) is 25.7 Å². The number of nitrogens with one attached hydrogen (secondary N) is 1. The fraction of sp³-hybridized carbons (Fsp3) is 0.435. The second-order valence-corrected chi connectivity index (χ2v) is 6.69. The van der Waals surface area contributed by atoms with E-state index in [2.05, 4.69) is 42.6 Å². The normalized spacial score (nSPS) is 10.7. The number of carbonyl (C=O) groups excluding carboxylic acids is 1. The van der Waals surface area contributed by atoms with Crippen LogP contribution in [0.2, 0.25) is 0 Å². The largest absolute Gasteiger partial charge is 0.379 e. The number of amides is 1. The Balaban J connectivity index is 1.65. The van der Waals surface area contributed by atoms with Crippen molar-refractivity contribution in [1.29, 1.82) is 0 Å². The minimum absolute atomic E-state index is 0.0977. The molecule has 0 saturated heterocycles. The first-order chi connectivity index (χ1) is 13.2. The molecule has 0 spiro atoms. The molecule has 4 nitrogen and oxygen atoms in total. The number of carbonyl (C=O) groups is 1. The van der Waals surface area contributed by atoms with Crippen molar-refractivity contribution in [2.75, 3.05) is 19.8 Å². The summed E-state index contributed by atoms with van der Waals surface area (Å²) in [6.07, 6.45) is 2.35. The number of hydrogen-bond acceptors (Lipinski definition) is 3. The molecule has 0 unspecified atom stereocenters. The van der Waals surface area contributed by atoms with E-state index in [9.17, 15) is 4.79 Å². The molecule has 1 amide bonds. The molecule has 0 aliphatic heterocycles. The molecule has 0 fully saturated rings. The van der Waals surface area contributed by atoms with Gasteiger partial charge >= 0.3 is 0 Å². The molecule has 4 heteroatoms. The third-order valence-corrected chi connectivity index (χ3v) is 4.32. The first-order valence-electron chi connectivity index (χ1n) is 9.73. The van der Waals surface area contributed by atoms with Gasteiger partial charge < -0.3 is 14.8 Å². The van der Waals surface area contributed by atoms with Gasteiger partial charge in [0.05, 0.1) is 19.8 Å². The molecule has 2 rings (SSSR count). The molecule has 0 radical (unpaired) electrons. The van der Waals surface area contributed by atoms with Gasteiger partial charge in [0, 0.05) is 19.6 Å². The van der Waals surface area contributed by atoms with E-state index in [0.29, 0.717) is 39.4 Å².